The molecule has 21 heavy (non-hydrogen) atoms. The van der Waals surface area contributed by atoms with Gasteiger partial charge in [-0.1, -0.05) is 32.9 Å². The van der Waals surface area contributed by atoms with E-state index in [2.05, 4.69) is 9.97 Å². The van der Waals surface area contributed by atoms with E-state index < -0.39 is 11.4 Å². The number of carbonyl (C=O) groups excluding carboxylic acids is 1. The second-order valence-electron chi connectivity index (χ2n) is 6.57. The SMILES string of the molecule is CC1(C)[C@@H](c2nc3ccccc3[nH]2)CC[C@@]1(C)C(=O)[O-].[Na+]. The summed E-state index contributed by atoms with van der Waals surface area (Å²) in [5.74, 6) is 0.0417. The molecule has 0 spiro atoms. The number of aromatic amines is 1. The van der Waals surface area contributed by atoms with Crippen LogP contribution in [0.15, 0.2) is 24.3 Å². The van der Waals surface area contributed by atoms with Crippen LogP contribution < -0.4 is 34.7 Å². The van der Waals surface area contributed by atoms with Gasteiger partial charge in [0.1, 0.15) is 5.82 Å². The first-order valence-electron chi connectivity index (χ1n) is 7.02. The number of hydrogen-bond donors (Lipinski definition) is 1. The minimum atomic E-state index is -0.957. The number of rotatable bonds is 2. The van der Waals surface area contributed by atoms with Gasteiger partial charge in [-0.25, -0.2) is 4.98 Å². The molecular formula is C16H19N2NaO2. The molecule has 2 aromatic rings. The molecule has 1 N–H and O–H groups in total. The summed E-state index contributed by atoms with van der Waals surface area (Å²) >= 11 is 0. The Morgan fingerprint density at radius 1 is 1.33 bits per heavy atom. The van der Waals surface area contributed by atoms with Crippen LogP contribution in [0.4, 0.5) is 0 Å². The number of para-hydroxylation sites is 2. The summed E-state index contributed by atoms with van der Waals surface area (Å²) in [5.41, 5.74) is 0.733. The van der Waals surface area contributed by atoms with Gasteiger partial charge in [-0.3, -0.25) is 0 Å². The van der Waals surface area contributed by atoms with E-state index in [1.54, 1.807) is 6.92 Å². The van der Waals surface area contributed by atoms with Gasteiger partial charge in [0, 0.05) is 17.3 Å². The fraction of sp³-hybridized carbons (Fsp3) is 0.500. The summed E-state index contributed by atoms with van der Waals surface area (Å²) in [6.45, 7) is 5.81. The first-order valence-corrected chi connectivity index (χ1v) is 7.02. The van der Waals surface area contributed by atoms with Crippen LogP contribution in [-0.4, -0.2) is 15.9 Å². The average molecular weight is 294 g/mol. The minimum absolute atomic E-state index is 0. The zero-order valence-electron chi connectivity index (χ0n) is 13.1. The third-order valence-corrected chi connectivity index (χ3v) is 5.41. The number of H-pyrrole nitrogens is 1. The van der Waals surface area contributed by atoms with E-state index in [4.69, 9.17) is 0 Å². The number of benzene rings is 1. The number of carboxylic acids is 1. The van der Waals surface area contributed by atoms with Crippen molar-refractivity contribution in [2.45, 2.75) is 39.5 Å². The molecule has 1 heterocycles. The molecule has 1 aromatic carbocycles. The first-order chi connectivity index (χ1) is 9.36. The van der Waals surface area contributed by atoms with Crippen LogP contribution in [0.3, 0.4) is 0 Å². The number of nitrogens with zero attached hydrogens (tertiary/aromatic N) is 1. The number of fused-ring (bicyclic) bond motifs is 1. The molecular weight excluding hydrogens is 275 g/mol. The predicted molar refractivity (Wildman–Crippen MR) is 75.0 cm³/mol. The maximum absolute atomic E-state index is 11.5. The Morgan fingerprint density at radius 2 is 2.00 bits per heavy atom. The van der Waals surface area contributed by atoms with Crippen molar-refractivity contribution in [1.29, 1.82) is 0 Å². The second kappa shape index (κ2) is 5.41. The van der Waals surface area contributed by atoms with Crippen LogP contribution in [0.2, 0.25) is 0 Å². The number of imidazole rings is 1. The number of carbonyl (C=O) groups is 1. The van der Waals surface area contributed by atoms with Crippen molar-refractivity contribution in [3.05, 3.63) is 30.1 Å². The molecule has 1 fully saturated rings. The molecule has 3 rings (SSSR count). The third-order valence-electron chi connectivity index (χ3n) is 5.41. The largest absolute Gasteiger partial charge is 1.00 e. The molecule has 4 nitrogen and oxygen atoms in total. The summed E-state index contributed by atoms with van der Waals surface area (Å²) in [7, 11) is 0. The second-order valence-corrected chi connectivity index (χ2v) is 6.57. The average Bonchev–Trinajstić information content (AvgIpc) is 2.90. The molecule has 0 aliphatic heterocycles. The molecule has 0 radical (unpaired) electrons. The topological polar surface area (TPSA) is 68.8 Å². The molecule has 106 valence electrons. The summed E-state index contributed by atoms with van der Waals surface area (Å²) in [5, 5.41) is 11.5. The molecule has 1 saturated carbocycles. The van der Waals surface area contributed by atoms with Crippen LogP contribution in [-0.2, 0) is 4.79 Å². The minimum Gasteiger partial charge on any atom is -0.550 e. The summed E-state index contributed by atoms with van der Waals surface area (Å²) in [6, 6.07) is 7.88. The standard InChI is InChI=1S/C16H20N2O2.Na/c1-15(2)10(8-9-16(15,3)14(19)20)13-17-11-6-4-5-7-12(11)18-13;/h4-7,10H,8-9H2,1-3H3,(H,17,18)(H,19,20);/q;+1/p-1/t10-,16+;/m1./s1. The Bertz CT molecular complexity index is 647. The van der Waals surface area contributed by atoms with E-state index in [1.165, 1.54) is 0 Å². The van der Waals surface area contributed by atoms with Crippen molar-refractivity contribution in [2.75, 3.05) is 0 Å². The van der Waals surface area contributed by atoms with Crippen LogP contribution in [0.25, 0.3) is 11.0 Å². The van der Waals surface area contributed by atoms with Gasteiger partial charge < -0.3 is 14.9 Å². The molecule has 0 amide bonds. The quantitative estimate of drug-likeness (QED) is 0.739. The number of carboxylic acid groups (broad SMARTS) is 1. The molecule has 5 heteroatoms. The van der Waals surface area contributed by atoms with Gasteiger partial charge in [-0.15, -0.1) is 0 Å². The molecule has 0 bridgehead atoms. The molecule has 2 atom stereocenters. The third kappa shape index (κ3) is 2.33. The van der Waals surface area contributed by atoms with Crippen molar-refractivity contribution in [1.82, 2.24) is 9.97 Å². The Balaban J connectivity index is 0.00000161. The molecule has 0 saturated heterocycles. The van der Waals surface area contributed by atoms with Crippen molar-refractivity contribution in [2.24, 2.45) is 10.8 Å². The van der Waals surface area contributed by atoms with Crippen LogP contribution in [0.5, 0.6) is 0 Å². The number of nitrogens with one attached hydrogen (secondary N) is 1. The van der Waals surface area contributed by atoms with Gasteiger partial charge in [0.25, 0.3) is 0 Å². The van der Waals surface area contributed by atoms with Gasteiger partial charge in [-0.2, -0.15) is 0 Å². The Morgan fingerprint density at radius 3 is 2.57 bits per heavy atom. The van der Waals surface area contributed by atoms with E-state index >= 15 is 0 Å². The fourth-order valence-electron chi connectivity index (χ4n) is 3.48. The maximum Gasteiger partial charge on any atom is 1.00 e. The van der Waals surface area contributed by atoms with Gasteiger partial charge >= 0.3 is 29.6 Å². The van der Waals surface area contributed by atoms with Gasteiger partial charge in [-0.05, 0) is 30.4 Å². The Hall–Kier alpha value is -0.840. The smallest absolute Gasteiger partial charge is 0.550 e. The van der Waals surface area contributed by atoms with Gasteiger partial charge in [0.15, 0.2) is 0 Å². The number of aromatic nitrogens is 2. The summed E-state index contributed by atoms with van der Waals surface area (Å²) < 4.78 is 0. The Labute approximate surface area is 146 Å². The van der Waals surface area contributed by atoms with Crippen molar-refractivity contribution < 1.29 is 39.5 Å². The van der Waals surface area contributed by atoms with Gasteiger partial charge in [0.05, 0.1) is 11.0 Å². The maximum atomic E-state index is 11.5. The van der Waals surface area contributed by atoms with Gasteiger partial charge in [0.2, 0.25) is 0 Å². The molecule has 0 unspecified atom stereocenters. The first kappa shape index (κ1) is 16.5. The fourth-order valence-corrected chi connectivity index (χ4v) is 3.48. The summed E-state index contributed by atoms with van der Waals surface area (Å²) in [4.78, 5) is 19.5. The Kier molecular flexibility index (Phi) is 4.26. The number of aliphatic carboxylic acids is 1. The van der Waals surface area contributed by atoms with Crippen LogP contribution in [0, 0.1) is 10.8 Å². The van der Waals surface area contributed by atoms with E-state index in [1.807, 2.05) is 38.1 Å². The molecule has 1 aliphatic carbocycles. The summed E-state index contributed by atoms with van der Waals surface area (Å²) in [6.07, 6.45) is 1.45. The monoisotopic (exact) mass is 294 g/mol. The molecule has 1 aliphatic rings. The van der Waals surface area contributed by atoms with E-state index in [0.717, 1.165) is 23.3 Å². The predicted octanol–water partition coefficient (Wildman–Crippen LogP) is -0.773. The van der Waals surface area contributed by atoms with E-state index in [9.17, 15) is 9.90 Å². The van der Waals surface area contributed by atoms with E-state index in [0.29, 0.717) is 6.42 Å². The van der Waals surface area contributed by atoms with Crippen LogP contribution in [0.1, 0.15) is 45.4 Å². The number of hydrogen-bond acceptors (Lipinski definition) is 3. The van der Waals surface area contributed by atoms with Crippen molar-refractivity contribution in [3.63, 3.8) is 0 Å². The zero-order valence-corrected chi connectivity index (χ0v) is 15.1. The van der Waals surface area contributed by atoms with Crippen LogP contribution >= 0.6 is 0 Å². The van der Waals surface area contributed by atoms with Crippen molar-refractivity contribution >= 4 is 17.0 Å². The normalized spacial score (nSPS) is 27.5. The van der Waals surface area contributed by atoms with E-state index in [-0.39, 0.29) is 40.9 Å². The molecule has 1 aromatic heterocycles. The van der Waals surface area contributed by atoms with Crippen molar-refractivity contribution in [3.8, 4) is 0 Å². The zero-order chi connectivity index (χ0) is 14.5.